The Hall–Kier alpha value is -2.09. The number of aliphatic hydroxyl groups excluding tert-OH is 1. The Bertz CT molecular complexity index is 460. The van der Waals surface area contributed by atoms with E-state index in [1.807, 2.05) is 6.92 Å². The quantitative estimate of drug-likeness (QED) is 0.669. The van der Waals surface area contributed by atoms with Gasteiger partial charge in [0, 0.05) is 6.54 Å². The van der Waals surface area contributed by atoms with Crippen LogP contribution < -0.4 is 5.32 Å². The van der Waals surface area contributed by atoms with Gasteiger partial charge in [0.05, 0.1) is 32.2 Å². The van der Waals surface area contributed by atoms with Gasteiger partial charge in [-0.15, -0.1) is 0 Å². The first-order valence-electron chi connectivity index (χ1n) is 6.22. The number of aromatic nitrogens is 2. The van der Waals surface area contributed by atoms with E-state index in [4.69, 9.17) is 5.11 Å². The van der Waals surface area contributed by atoms with Gasteiger partial charge < -0.3 is 25.0 Å². The van der Waals surface area contributed by atoms with Crippen LogP contribution in [-0.2, 0) is 16.1 Å². The van der Waals surface area contributed by atoms with E-state index in [0.29, 0.717) is 0 Å². The lowest BCUT2D eigenvalue weighted by atomic mass is 10.2. The summed E-state index contributed by atoms with van der Waals surface area (Å²) in [6.45, 7) is 3.66. The van der Waals surface area contributed by atoms with Crippen LogP contribution in [0.5, 0.6) is 0 Å². The number of alkyl carbamates (subject to hydrolysis) is 1. The average Bonchev–Trinajstić information content (AvgIpc) is 2.82. The van der Waals surface area contributed by atoms with Crippen LogP contribution in [0.1, 0.15) is 18.4 Å². The summed E-state index contributed by atoms with van der Waals surface area (Å²) in [4.78, 5) is 31.8. The monoisotopic (exact) mass is 284 g/mol. The van der Waals surface area contributed by atoms with Gasteiger partial charge >= 0.3 is 6.09 Å². The predicted molar refractivity (Wildman–Crippen MR) is 70.8 cm³/mol. The summed E-state index contributed by atoms with van der Waals surface area (Å²) in [5, 5.41) is 11.4. The number of carbonyl (C=O) groups excluding carboxylic acids is 2. The van der Waals surface area contributed by atoms with E-state index in [0.717, 1.165) is 11.5 Å². The summed E-state index contributed by atoms with van der Waals surface area (Å²) in [6, 6.07) is -0.738. The smallest absolute Gasteiger partial charge is 0.407 e. The van der Waals surface area contributed by atoms with E-state index in [-0.39, 0.29) is 25.6 Å². The molecule has 0 bridgehead atoms. The molecule has 1 atom stereocenters. The van der Waals surface area contributed by atoms with Crippen LogP contribution in [0, 0.1) is 6.92 Å². The molecular weight excluding hydrogens is 264 g/mol. The number of carbonyl (C=O) groups is 2. The van der Waals surface area contributed by atoms with Crippen molar-refractivity contribution < 1.29 is 19.4 Å². The molecule has 1 aromatic heterocycles. The summed E-state index contributed by atoms with van der Waals surface area (Å²) in [7, 11) is 1.23. The van der Waals surface area contributed by atoms with Crippen molar-refractivity contribution >= 4 is 12.0 Å². The molecule has 1 aromatic rings. The fourth-order valence-corrected chi connectivity index (χ4v) is 1.72. The highest BCUT2D eigenvalue weighted by atomic mass is 16.5. The minimum absolute atomic E-state index is 0.163. The first-order valence-corrected chi connectivity index (χ1v) is 6.22. The number of amides is 2. The summed E-state index contributed by atoms with van der Waals surface area (Å²) in [5.41, 5.74) is 0.759. The van der Waals surface area contributed by atoms with Gasteiger partial charge in [0.1, 0.15) is 11.9 Å². The highest BCUT2D eigenvalue weighted by Crippen LogP contribution is 2.04. The molecule has 0 aliphatic carbocycles. The van der Waals surface area contributed by atoms with Crippen LogP contribution in [0.15, 0.2) is 6.20 Å². The van der Waals surface area contributed by atoms with E-state index in [1.54, 1.807) is 13.1 Å². The van der Waals surface area contributed by atoms with E-state index in [1.165, 1.54) is 12.0 Å². The number of nitrogens with zero attached hydrogens (tertiary/aromatic N) is 2. The number of aryl methyl sites for hydroxylation is 1. The van der Waals surface area contributed by atoms with Crippen molar-refractivity contribution in [3.63, 3.8) is 0 Å². The average molecular weight is 284 g/mol. The van der Waals surface area contributed by atoms with Crippen LogP contribution in [0.25, 0.3) is 0 Å². The Morgan fingerprint density at radius 2 is 2.30 bits per heavy atom. The van der Waals surface area contributed by atoms with Crippen LogP contribution in [0.3, 0.4) is 0 Å². The number of aromatic amines is 1. The second-order valence-corrected chi connectivity index (χ2v) is 4.33. The number of hydrogen-bond donors (Lipinski definition) is 3. The standard InChI is InChI=1S/C12H20N4O4/c1-8(14-12(19)20-3)11(18)16(4-5-17)7-10-6-13-9(2)15-10/h6,8,17H,4-5,7H2,1-3H3,(H,13,15)(H,14,19). The lowest BCUT2D eigenvalue weighted by Gasteiger charge is -2.24. The molecule has 1 rings (SSSR count). The first kappa shape index (κ1) is 16.0. The van der Waals surface area contributed by atoms with Crippen molar-refractivity contribution in [2.75, 3.05) is 20.3 Å². The molecular formula is C12H20N4O4. The number of hydrogen-bond acceptors (Lipinski definition) is 5. The fraction of sp³-hybridized carbons (Fsp3) is 0.583. The number of nitrogens with one attached hydrogen (secondary N) is 2. The van der Waals surface area contributed by atoms with Gasteiger partial charge in [0.15, 0.2) is 0 Å². The van der Waals surface area contributed by atoms with E-state index >= 15 is 0 Å². The lowest BCUT2D eigenvalue weighted by Crippen LogP contribution is -2.47. The van der Waals surface area contributed by atoms with Crippen molar-refractivity contribution in [2.45, 2.75) is 26.4 Å². The zero-order chi connectivity index (χ0) is 15.1. The molecule has 8 nitrogen and oxygen atoms in total. The van der Waals surface area contributed by atoms with Gasteiger partial charge in [-0.2, -0.15) is 0 Å². The van der Waals surface area contributed by atoms with E-state index in [2.05, 4.69) is 20.0 Å². The van der Waals surface area contributed by atoms with Crippen LogP contribution in [0.4, 0.5) is 4.79 Å². The molecule has 0 spiro atoms. The Morgan fingerprint density at radius 3 is 2.80 bits per heavy atom. The molecule has 3 N–H and O–H groups in total. The molecule has 0 aliphatic heterocycles. The summed E-state index contributed by atoms with van der Waals surface area (Å²) >= 11 is 0. The van der Waals surface area contributed by atoms with Crippen LogP contribution >= 0.6 is 0 Å². The fourth-order valence-electron chi connectivity index (χ4n) is 1.72. The second kappa shape index (κ2) is 7.49. The molecule has 1 heterocycles. The maximum Gasteiger partial charge on any atom is 0.407 e. The van der Waals surface area contributed by atoms with Crippen molar-refractivity contribution in [2.24, 2.45) is 0 Å². The number of rotatable bonds is 6. The highest BCUT2D eigenvalue weighted by Gasteiger charge is 2.22. The maximum absolute atomic E-state index is 12.2. The number of methoxy groups -OCH3 is 1. The van der Waals surface area contributed by atoms with Crippen LogP contribution in [-0.4, -0.2) is 58.3 Å². The molecule has 0 aromatic carbocycles. The Balaban J connectivity index is 2.68. The van der Waals surface area contributed by atoms with Crippen molar-refractivity contribution in [1.29, 1.82) is 0 Å². The number of H-pyrrole nitrogens is 1. The predicted octanol–water partition coefficient (Wildman–Crippen LogP) is -0.216. The molecule has 112 valence electrons. The van der Waals surface area contributed by atoms with Gasteiger partial charge in [0.25, 0.3) is 0 Å². The summed E-state index contributed by atoms with van der Waals surface area (Å²) in [5.74, 6) is 0.439. The largest absolute Gasteiger partial charge is 0.453 e. The molecule has 0 fully saturated rings. The van der Waals surface area contributed by atoms with Crippen LogP contribution in [0.2, 0.25) is 0 Å². The SMILES string of the molecule is COC(=O)NC(C)C(=O)N(CCO)Cc1cnc(C)[nH]1. The minimum Gasteiger partial charge on any atom is -0.453 e. The molecule has 20 heavy (non-hydrogen) atoms. The third-order valence-corrected chi connectivity index (χ3v) is 2.69. The maximum atomic E-state index is 12.2. The number of ether oxygens (including phenoxy) is 1. The van der Waals surface area contributed by atoms with Gasteiger partial charge in [-0.1, -0.05) is 0 Å². The number of imidazole rings is 1. The van der Waals surface area contributed by atoms with Crippen molar-refractivity contribution in [3.8, 4) is 0 Å². The Kier molecular flexibility index (Phi) is 5.98. The highest BCUT2D eigenvalue weighted by molar-refractivity contribution is 5.85. The summed E-state index contributed by atoms with van der Waals surface area (Å²) in [6.07, 6.45) is 0.956. The molecule has 8 heteroatoms. The van der Waals surface area contributed by atoms with E-state index in [9.17, 15) is 9.59 Å². The first-order chi connectivity index (χ1) is 9.47. The zero-order valence-corrected chi connectivity index (χ0v) is 11.8. The molecule has 0 saturated carbocycles. The summed E-state index contributed by atoms with van der Waals surface area (Å²) < 4.78 is 4.45. The van der Waals surface area contributed by atoms with Gasteiger partial charge in [0.2, 0.25) is 5.91 Å². The zero-order valence-electron chi connectivity index (χ0n) is 11.8. The molecule has 2 amide bonds. The third kappa shape index (κ3) is 4.54. The Morgan fingerprint density at radius 1 is 1.60 bits per heavy atom. The van der Waals surface area contributed by atoms with Gasteiger partial charge in [-0.3, -0.25) is 4.79 Å². The molecule has 0 radical (unpaired) electrons. The molecule has 0 aliphatic rings. The minimum atomic E-state index is -0.738. The van der Waals surface area contributed by atoms with Gasteiger partial charge in [-0.05, 0) is 13.8 Å². The second-order valence-electron chi connectivity index (χ2n) is 4.33. The molecule has 1 unspecified atom stereocenters. The Labute approximate surface area is 117 Å². The van der Waals surface area contributed by atoms with Crippen molar-refractivity contribution in [1.82, 2.24) is 20.2 Å². The van der Waals surface area contributed by atoms with E-state index < -0.39 is 12.1 Å². The van der Waals surface area contributed by atoms with Crippen molar-refractivity contribution in [3.05, 3.63) is 17.7 Å². The number of aliphatic hydroxyl groups is 1. The molecule has 0 saturated heterocycles. The van der Waals surface area contributed by atoms with Gasteiger partial charge in [-0.25, -0.2) is 9.78 Å². The third-order valence-electron chi connectivity index (χ3n) is 2.69. The topological polar surface area (TPSA) is 108 Å². The normalized spacial score (nSPS) is 11.8. The lowest BCUT2D eigenvalue weighted by molar-refractivity contribution is -0.134.